The molecule has 8 aromatic rings. The average molecular weight is 1570 g/mol. The molecule has 2 atom stereocenters. The van der Waals surface area contributed by atoms with Crippen molar-refractivity contribution in [1.29, 1.82) is 0 Å². The summed E-state index contributed by atoms with van der Waals surface area (Å²) < 4.78 is 31.7. The quantitative estimate of drug-likeness (QED) is 0.00799. The Bertz CT molecular complexity index is 4340. The molecule has 10 N–H and O–H groups in total. The zero-order valence-corrected chi connectivity index (χ0v) is 64.9. The van der Waals surface area contributed by atoms with Gasteiger partial charge in [-0.2, -0.15) is 0 Å². The topological polar surface area (TPSA) is 373 Å². The number of rotatable bonds is 26. The lowest BCUT2D eigenvalue weighted by molar-refractivity contribution is -0.163. The Hall–Kier alpha value is -12.1. The van der Waals surface area contributed by atoms with Gasteiger partial charge < -0.3 is 76.1 Å². The predicted octanol–water partition coefficient (Wildman–Crippen LogP) is 14.7. The van der Waals surface area contributed by atoms with E-state index in [0.717, 1.165) is 89.0 Å². The van der Waals surface area contributed by atoms with E-state index in [1.807, 2.05) is 158 Å². The number of carboxylic acids is 3. The summed E-state index contributed by atoms with van der Waals surface area (Å²) in [6, 6.07) is 62.1. The summed E-state index contributed by atoms with van der Waals surface area (Å²) in [4.78, 5) is 117. The SMILES string of the molecule is CC(C)(C)OC(=O)C(=O)[C@H](CCCCN)NC(=O)OCC1c2ccccc2-c2ccccc21.CC(C)(C)OC(=O)NCCCC[C@H](NC(=O)OCC1c2ccccc2-c2ccccc21)C(=O)O.CCl.O=C(O)CNC(=O)OCC1c2ccccc2-c2ccccc21.O=C(O)CNC(=O)OCC1c2ccccc2-c2ccccc21. The van der Waals surface area contributed by atoms with E-state index >= 15 is 0 Å². The van der Waals surface area contributed by atoms with Crippen LogP contribution in [0.2, 0.25) is 0 Å². The highest BCUT2D eigenvalue weighted by Gasteiger charge is 2.36. The zero-order valence-electron chi connectivity index (χ0n) is 64.2. The summed E-state index contributed by atoms with van der Waals surface area (Å²) in [6.45, 7) is 10.9. The van der Waals surface area contributed by atoms with E-state index in [2.05, 4.69) is 74.6 Å². The van der Waals surface area contributed by atoms with Gasteiger partial charge in [-0.15, -0.1) is 11.6 Å². The van der Waals surface area contributed by atoms with E-state index in [9.17, 15) is 53.1 Å². The summed E-state index contributed by atoms with van der Waals surface area (Å²) >= 11 is 4.64. The number of carbonyl (C=O) groups is 10. The second-order valence-electron chi connectivity index (χ2n) is 28.6. The first-order valence-corrected chi connectivity index (χ1v) is 37.8. The number of ether oxygens (including phenoxy) is 6. The van der Waals surface area contributed by atoms with Crippen molar-refractivity contribution in [3.63, 3.8) is 0 Å². The van der Waals surface area contributed by atoms with Gasteiger partial charge in [0.1, 0.15) is 62.8 Å². The van der Waals surface area contributed by atoms with Crippen LogP contribution < -0.4 is 32.3 Å². The van der Waals surface area contributed by atoms with Gasteiger partial charge in [0.05, 0.1) is 0 Å². The van der Waals surface area contributed by atoms with Gasteiger partial charge in [0.2, 0.25) is 0 Å². The number of nitrogens with two attached hydrogens (primary N) is 1. The number of amides is 5. The van der Waals surface area contributed by atoms with Gasteiger partial charge in [-0.1, -0.05) is 194 Å². The number of ketones is 1. The van der Waals surface area contributed by atoms with Gasteiger partial charge in [0.15, 0.2) is 0 Å². The van der Waals surface area contributed by atoms with Crippen LogP contribution in [0.3, 0.4) is 0 Å². The molecule has 0 aliphatic heterocycles. The molecule has 25 nitrogen and oxygen atoms in total. The lowest BCUT2D eigenvalue weighted by atomic mass is 9.98. The second-order valence-corrected chi connectivity index (χ2v) is 28.6. The number of Topliss-reactive ketones (excluding diaryl/α,β-unsaturated/α-hetero) is 1. The fourth-order valence-electron chi connectivity index (χ4n) is 13.6. The fourth-order valence-corrected chi connectivity index (χ4v) is 13.6. The van der Waals surface area contributed by atoms with Crippen molar-refractivity contribution in [3.05, 3.63) is 239 Å². The van der Waals surface area contributed by atoms with Gasteiger partial charge in [-0.25, -0.2) is 33.6 Å². The molecule has 12 rings (SSSR count). The monoisotopic (exact) mass is 1560 g/mol. The number of hydrogen-bond donors (Lipinski definition) is 9. The minimum atomic E-state index is -1.13. The number of fused-ring (bicyclic) bond motifs is 12. The van der Waals surface area contributed by atoms with Crippen molar-refractivity contribution in [3.8, 4) is 44.5 Å². The number of nitrogens with one attached hydrogen (secondary N) is 5. The van der Waals surface area contributed by atoms with Crippen LogP contribution in [-0.2, 0) is 52.4 Å². The average Bonchev–Trinajstić information content (AvgIpc) is 1.64. The van der Waals surface area contributed by atoms with Crippen LogP contribution in [0.5, 0.6) is 0 Å². The first-order valence-electron chi connectivity index (χ1n) is 37.1. The molecule has 0 spiro atoms. The molecule has 0 bridgehead atoms. The van der Waals surface area contributed by atoms with Crippen LogP contribution in [-0.4, -0.2) is 158 Å². The molecule has 0 saturated carbocycles. The smallest absolute Gasteiger partial charge is 0.407 e. The van der Waals surface area contributed by atoms with E-state index in [1.165, 1.54) is 6.38 Å². The van der Waals surface area contributed by atoms with E-state index in [-0.39, 0.29) is 62.9 Å². The third-order valence-corrected chi connectivity index (χ3v) is 18.5. The highest BCUT2D eigenvalue weighted by Crippen LogP contribution is 2.48. The van der Waals surface area contributed by atoms with Gasteiger partial charge in [-0.3, -0.25) is 14.4 Å². The van der Waals surface area contributed by atoms with Crippen LogP contribution >= 0.6 is 11.6 Å². The number of alkyl halides is 1. The molecule has 4 aliphatic rings. The first-order chi connectivity index (χ1) is 54.2. The number of hydrogen-bond acceptors (Lipinski definition) is 17. The summed E-state index contributed by atoms with van der Waals surface area (Å²) in [5.74, 6) is -5.35. The van der Waals surface area contributed by atoms with Crippen LogP contribution in [0.15, 0.2) is 194 Å². The lowest BCUT2D eigenvalue weighted by Crippen LogP contribution is -2.46. The Morgan fingerprint density at radius 1 is 0.363 bits per heavy atom. The van der Waals surface area contributed by atoms with Gasteiger partial charge in [0, 0.05) is 36.6 Å². The maximum atomic E-state index is 12.7. The number of carbonyl (C=O) groups excluding carboxylic acids is 7. The molecule has 26 heteroatoms. The second kappa shape index (κ2) is 41.8. The number of halogens is 1. The number of esters is 1. The molecule has 113 heavy (non-hydrogen) atoms. The maximum Gasteiger partial charge on any atom is 0.407 e. The normalized spacial score (nSPS) is 12.9. The fraction of sp³-hybridized carbons (Fsp3) is 0.333. The van der Waals surface area contributed by atoms with Gasteiger partial charge >= 0.3 is 54.3 Å². The standard InChI is InChI=1S/C26H32N2O6.C26H32N2O5.2C17H15NO4.CH3Cl/c1-26(2,3)34-24(31)27-15-9-8-14-22(23(29)30)28-25(32)33-16-21-19-12-6-4-10-17(19)18-11-5-7-13-20(18)21;1-26(2,3)33-24(30)23(29)22(14-8-9-15-27)28-25(31)32-16-21-19-12-6-4-10-17(19)18-11-5-7-13-20(18)21;2*19-16(20)9-18-17(21)22-10-15-13-7-3-1-5-11(13)12-6-2-4-8-14(12)15;1-2/h4-7,10-13,21-22H,8-9,14-16H2,1-3H3,(H,27,31)(H,28,32)(H,29,30);4-7,10-13,21-22H,8-9,14-16,27H2,1-3H3,(H,28,31);2*1-8,15H,9-10H2,(H,18,21)(H,19,20);1H3/t2*22-;;;/m00.../s1. The van der Waals surface area contributed by atoms with E-state index < -0.39 is 96.5 Å². The predicted molar refractivity (Wildman–Crippen MR) is 427 cm³/mol. The molecule has 0 heterocycles. The Morgan fingerprint density at radius 2 is 0.628 bits per heavy atom. The van der Waals surface area contributed by atoms with Crippen molar-refractivity contribution in [2.45, 2.75) is 127 Å². The van der Waals surface area contributed by atoms with Crippen molar-refractivity contribution in [1.82, 2.24) is 26.6 Å². The minimum Gasteiger partial charge on any atom is -0.480 e. The third kappa shape index (κ3) is 24.7. The highest BCUT2D eigenvalue weighted by atomic mass is 35.5. The molecule has 4 aliphatic carbocycles. The Balaban J connectivity index is 0.000000191. The molecule has 8 aromatic carbocycles. The third-order valence-electron chi connectivity index (χ3n) is 18.5. The van der Waals surface area contributed by atoms with Crippen LogP contribution in [0, 0.1) is 0 Å². The molecule has 0 radical (unpaired) electrons. The zero-order chi connectivity index (χ0) is 81.8. The van der Waals surface area contributed by atoms with Gasteiger partial charge in [-0.05, 0) is 176 Å². The van der Waals surface area contributed by atoms with E-state index in [4.69, 9.17) is 44.4 Å². The van der Waals surface area contributed by atoms with Gasteiger partial charge in [0.25, 0.3) is 5.78 Å². The van der Waals surface area contributed by atoms with Crippen LogP contribution in [0.1, 0.15) is 148 Å². The number of benzene rings is 8. The summed E-state index contributed by atoms with van der Waals surface area (Å²) in [7, 11) is 0. The molecule has 5 amide bonds. The van der Waals surface area contributed by atoms with Crippen LogP contribution in [0.25, 0.3) is 44.5 Å². The number of alkyl carbamates (subject to hydrolysis) is 5. The lowest BCUT2D eigenvalue weighted by Gasteiger charge is -2.22. The van der Waals surface area contributed by atoms with Crippen molar-refractivity contribution >= 4 is 71.7 Å². The molecule has 0 unspecified atom stereocenters. The Kier molecular flexibility index (Phi) is 32.0. The summed E-state index contributed by atoms with van der Waals surface area (Å²) in [5, 5.41) is 38.6. The summed E-state index contributed by atoms with van der Waals surface area (Å²) in [6.07, 6.45) is 0.810. The largest absolute Gasteiger partial charge is 0.480 e. The van der Waals surface area contributed by atoms with E-state index in [1.54, 1.807) is 41.5 Å². The highest BCUT2D eigenvalue weighted by molar-refractivity contribution is 6.36. The molecule has 0 aromatic heterocycles. The van der Waals surface area contributed by atoms with Crippen molar-refractivity contribution in [2.24, 2.45) is 5.73 Å². The first kappa shape index (κ1) is 86.5. The Labute approximate surface area is 661 Å². The van der Waals surface area contributed by atoms with Crippen molar-refractivity contribution in [2.75, 3.05) is 59.0 Å². The number of unbranched alkanes of at least 4 members (excludes halogenated alkanes) is 2. The van der Waals surface area contributed by atoms with E-state index in [0.29, 0.717) is 38.8 Å². The molecule has 0 fully saturated rings. The number of aliphatic carboxylic acids is 3. The van der Waals surface area contributed by atoms with Crippen molar-refractivity contribution < 1.29 is 91.7 Å². The maximum absolute atomic E-state index is 12.7. The number of carboxylic acid groups (broad SMARTS) is 3. The molecular formula is C87H97ClN6O19. The molecular weight excluding hydrogens is 1470 g/mol. The Morgan fingerprint density at radius 3 is 0.903 bits per heavy atom. The minimum absolute atomic E-state index is 0.0250. The molecule has 596 valence electrons. The van der Waals surface area contributed by atoms with Crippen LogP contribution in [0.4, 0.5) is 24.0 Å². The molecule has 0 saturated heterocycles. The summed E-state index contributed by atoms with van der Waals surface area (Å²) in [5.41, 5.74) is 22.1.